The number of methoxy groups -OCH3 is 1. The van der Waals surface area contributed by atoms with Crippen LogP contribution in [0, 0.1) is 12.8 Å². The molecule has 0 bridgehead atoms. The van der Waals surface area contributed by atoms with E-state index in [-0.39, 0.29) is 17.9 Å². The van der Waals surface area contributed by atoms with E-state index in [0.29, 0.717) is 5.92 Å². The zero-order chi connectivity index (χ0) is 17.1. The Hall–Kier alpha value is -2.04. The zero-order valence-corrected chi connectivity index (χ0v) is 14.5. The third-order valence-electron chi connectivity index (χ3n) is 5.35. The fourth-order valence-corrected chi connectivity index (χ4v) is 3.69. The van der Waals surface area contributed by atoms with Gasteiger partial charge in [-0.25, -0.2) is 4.79 Å². The summed E-state index contributed by atoms with van der Waals surface area (Å²) in [6.45, 7) is 3.78. The maximum absolute atomic E-state index is 12.6. The average Bonchev–Trinajstić information content (AvgIpc) is 2.58. The van der Waals surface area contributed by atoms with Crippen LogP contribution in [-0.4, -0.2) is 43.1 Å². The molecule has 5 nitrogen and oxygen atoms in total. The molecular weight excluding hydrogens is 304 g/mol. The van der Waals surface area contributed by atoms with E-state index in [1.807, 2.05) is 4.90 Å². The number of amides is 2. The minimum Gasteiger partial charge on any atom is -0.453 e. The molecule has 2 amide bonds. The molecule has 0 aromatic heterocycles. The molecule has 1 aliphatic carbocycles. The number of ether oxygens (including phenoxy) is 1. The van der Waals surface area contributed by atoms with E-state index in [4.69, 9.17) is 0 Å². The largest absolute Gasteiger partial charge is 0.453 e. The molecule has 0 radical (unpaired) electrons. The molecule has 24 heavy (non-hydrogen) atoms. The molecule has 1 saturated carbocycles. The molecule has 0 unspecified atom stereocenters. The number of piperidine rings is 1. The van der Waals surface area contributed by atoms with Crippen LogP contribution < -0.4 is 5.32 Å². The Morgan fingerprint density at radius 2 is 1.75 bits per heavy atom. The third-order valence-corrected chi connectivity index (χ3v) is 5.35. The number of benzene rings is 1. The van der Waals surface area contributed by atoms with E-state index >= 15 is 0 Å². The first-order chi connectivity index (χ1) is 11.6. The Bertz CT molecular complexity index is 585. The molecule has 5 heteroatoms. The van der Waals surface area contributed by atoms with Crippen LogP contribution in [0.5, 0.6) is 0 Å². The SMILES string of the molecule is COC(=O)NC1CC(C(=O)N2CCC(c3ccc(C)cc3)CC2)C1. The van der Waals surface area contributed by atoms with Gasteiger partial charge in [-0.15, -0.1) is 0 Å². The molecule has 1 aromatic rings. The van der Waals surface area contributed by atoms with Gasteiger partial charge in [-0.2, -0.15) is 0 Å². The maximum Gasteiger partial charge on any atom is 0.407 e. The molecule has 1 N–H and O–H groups in total. The van der Waals surface area contributed by atoms with Gasteiger partial charge in [0.1, 0.15) is 0 Å². The maximum atomic E-state index is 12.6. The highest BCUT2D eigenvalue weighted by molar-refractivity contribution is 5.80. The van der Waals surface area contributed by atoms with Crippen molar-refractivity contribution in [3.8, 4) is 0 Å². The highest BCUT2D eigenvalue weighted by Crippen LogP contribution is 2.33. The van der Waals surface area contributed by atoms with E-state index in [2.05, 4.69) is 41.2 Å². The van der Waals surface area contributed by atoms with Crippen LogP contribution in [0.3, 0.4) is 0 Å². The number of rotatable bonds is 3. The predicted octanol–water partition coefficient (Wildman–Crippen LogP) is 2.84. The van der Waals surface area contributed by atoms with Crippen LogP contribution in [0.15, 0.2) is 24.3 Å². The van der Waals surface area contributed by atoms with E-state index in [1.54, 1.807) is 0 Å². The van der Waals surface area contributed by atoms with Gasteiger partial charge in [0.25, 0.3) is 0 Å². The zero-order valence-electron chi connectivity index (χ0n) is 14.5. The summed E-state index contributed by atoms with van der Waals surface area (Å²) in [5, 5.41) is 2.75. The van der Waals surface area contributed by atoms with Gasteiger partial charge in [0.15, 0.2) is 0 Å². The number of hydrogen-bond donors (Lipinski definition) is 1. The van der Waals surface area contributed by atoms with Crippen LogP contribution in [-0.2, 0) is 9.53 Å². The number of carbonyl (C=O) groups excluding carboxylic acids is 2. The number of likely N-dealkylation sites (tertiary alicyclic amines) is 1. The van der Waals surface area contributed by atoms with Crippen molar-refractivity contribution in [3.05, 3.63) is 35.4 Å². The van der Waals surface area contributed by atoms with Crippen LogP contribution in [0.2, 0.25) is 0 Å². The summed E-state index contributed by atoms with van der Waals surface area (Å²) in [6, 6.07) is 8.83. The molecule has 1 saturated heterocycles. The molecule has 130 valence electrons. The van der Waals surface area contributed by atoms with Crippen molar-refractivity contribution in [1.82, 2.24) is 10.2 Å². The normalized spacial score (nSPS) is 24.2. The van der Waals surface area contributed by atoms with E-state index in [1.165, 1.54) is 18.2 Å². The minimum absolute atomic E-state index is 0.0584. The van der Waals surface area contributed by atoms with Gasteiger partial charge >= 0.3 is 6.09 Å². The second-order valence-corrected chi connectivity index (χ2v) is 7.01. The highest BCUT2D eigenvalue weighted by atomic mass is 16.5. The lowest BCUT2D eigenvalue weighted by Crippen LogP contribution is -2.51. The Balaban J connectivity index is 1.44. The molecule has 2 fully saturated rings. The first-order valence-corrected chi connectivity index (χ1v) is 8.76. The number of alkyl carbamates (subject to hydrolysis) is 1. The predicted molar refractivity (Wildman–Crippen MR) is 91.8 cm³/mol. The fraction of sp³-hybridized carbons (Fsp3) is 0.579. The van der Waals surface area contributed by atoms with E-state index in [9.17, 15) is 9.59 Å². The molecule has 1 aromatic carbocycles. The molecule has 0 atom stereocenters. The Morgan fingerprint density at radius 3 is 2.33 bits per heavy atom. The summed E-state index contributed by atoms with van der Waals surface area (Å²) in [5.41, 5.74) is 2.67. The highest BCUT2D eigenvalue weighted by Gasteiger charge is 2.38. The average molecular weight is 330 g/mol. The van der Waals surface area contributed by atoms with Crippen LogP contribution in [0.1, 0.15) is 42.7 Å². The van der Waals surface area contributed by atoms with Gasteiger partial charge < -0.3 is 15.0 Å². The summed E-state index contributed by atoms with van der Waals surface area (Å²) in [6.07, 6.45) is 3.11. The van der Waals surface area contributed by atoms with Gasteiger partial charge in [0.05, 0.1) is 7.11 Å². The standard InChI is InChI=1S/C19H26N2O3/c1-13-3-5-14(6-4-13)15-7-9-21(10-8-15)18(22)16-11-17(12-16)20-19(23)24-2/h3-6,15-17H,7-12H2,1-2H3,(H,20,23). The van der Waals surface area contributed by atoms with Crippen molar-refractivity contribution in [3.63, 3.8) is 0 Å². The summed E-state index contributed by atoms with van der Waals surface area (Å²) in [7, 11) is 1.36. The number of nitrogens with one attached hydrogen (secondary N) is 1. The number of carbonyl (C=O) groups is 2. The van der Waals surface area contributed by atoms with Crippen molar-refractivity contribution in [2.75, 3.05) is 20.2 Å². The first-order valence-electron chi connectivity index (χ1n) is 8.76. The Labute approximate surface area is 143 Å². The molecule has 3 rings (SSSR count). The monoisotopic (exact) mass is 330 g/mol. The lowest BCUT2D eigenvalue weighted by molar-refractivity contribution is -0.140. The van der Waals surface area contributed by atoms with Crippen molar-refractivity contribution < 1.29 is 14.3 Å². The number of hydrogen-bond acceptors (Lipinski definition) is 3. The third kappa shape index (κ3) is 3.71. The van der Waals surface area contributed by atoms with Crippen molar-refractivity contribution in [2.24, 2.45) is 5.92 Å². The second-order valence-electron chi connectivity index (χ2n) is 7.01. The van der Waals surface area contributed by atoms with E-state index in [0.717, 1.165) is 38.8 Å². The van der Waals surface area contributed by atoms with Crippen LogP contribution >= 0.6 is 0 Å². The first kappa shape index (κ1) is 16.8. The minimum atomic E-state index is -0.412. The van der Waals surface area contributed by atoms with Gasteiger partial charge in [0, 0.05) is 25.0 Å². The summed E-state index contributed by atoms with van der Waals surface area (Å²) in [4.78, 5) is 25.7. The van der Waals surface area contributed by atoms with Crippen LogP contribution in [0.25, 0.3) is 0 Å². The summed E-state index contributed by atoms with van der Waals surface area (Å²) < 4.78 is 4.58. The fourth-order valence-electron chi connectivity index (χ4n) is 3.69. The lowest BCUT2D eigenvalue weighted by Gasteiger charge is -2.40. The topological polar surface area (TPSA) is 58.6 Å². The molecule has 0 spiro atoms. The Kier molecular flexibility index (Phi) is 5.07. The van der Waals surface area contributed by atoms with Gasteiger partial charge in [-0.3, -0.25) is 4.79 Å². The van der Waals surface area contributed by atoms with Gasteiger partial charge in [0.2, 0.25) is 5.91 Å². The van der Waals surface area contributed by atoms with Gasteiger partial charge in [-0.1, -0.05) is 29.8 Å². The smallest absolute Gasteiger partial charge is 0.407 e. The molecule has 2 aliphatic rings. The van der Waals surface area contributed by atoms with E-state index < -0.39 is 6.09 Å². The number of nitrogens with zero attached hydrogens (tertiary/aromatic N) is 1. The quantitative estimate of drug-likeness (QED) is 0.927. The summed E-state index contributed by atoms with van der Waals surface area (Å²) >= 11 is 0. The Morgan fingerprint density at radius 1 is 1.12 bits per heavy atom. The van der Waals surface area contributed by atoms with Crippen molar-refractivity contribution in [1.29, 1.82) is 0 Å². The van der Waals surface area contributed by atoms with Crippen LogP contribution in [0.4, 0.5) is 4.79 Å². The summed E-state index contributed by atoms with van der Waals surface area (Å²) in [5.74, 6) is 0.869. The van der Waals surface area contributed by atoms with Gasteiger partial charge in [-0.05, 0) is 44.1 Å². The molecular formula is C19H26N2O3. The molecule has 1 aliphatic heterocycles. The van der Waals surface area contributed by atoms with Crippen molar-refractivity contribution >= 4 is 12.0 Å². The van der Waals surface area contributed by atoms with Crippen molar-refractivity contribution in [2.45, 2.75) is 44.6 Å². The number of aryl methyl sites for hydroxylation is 1. The molecule has 1 heterocycles. The lowest BCUT2D eigenvalue weighted by atomic mass is 9.78. The second kappa shape index (κ2) is 7.24.